The summed E-state index contributed by atoms with van der Waals surface area (Å²) in [7, 11) is -3.48. The van der Waals surface area contributed by atoms with E-state index in [-0.39, 0.29) is 16.6 Å². The van der Waals surface area contributed by atoms with Crippen molar-refractivity contribution in [1.29, 1.82) is 0 Å². The molecule has 2 saturated carbocycles. The van der Waals surface area contributed by atoms with E-state index in [1.807, 2.05) is 0 Å². The van der Waals surface area contributed by atoms with Crippen LogP contribution in [-0.2, 0) is 10.0 Å². The number of rotatable bonds is 5. The van der Waals surface area contributed by atoms with E-state index in [2.05, 4.69) is 4.98 Å². The van der Waals surface area contributed by atoms with Gasteiger partial charge in [-0.3, -0.25) is 4.98 Å². The maximum Gasteiger partial charge on any atom is 0.246 e. The first kappa shape index (κ1) is 11.9. The number of sulfonamides is 1. The summed E-state index contributed by atoms with van der Waals surface area (Å²) in [5.41, 5.74) is 6.05. The Morgan fingerprint density at radius 3 is 2.61 bits per heavy atom. The fourth-order valence-electron chi connectivity index (χ4n) is 2.09. The van der Waals surface area contributed by atoms with E-state index in [4.69, 9.17) is 5.73 Å². The molecular weight excluding hydrogens is 250 g/mol. The second kappa shape index (κ2) is 4.20. The van der Waals surface area contributed by atoms with Crippen molar-refractivity contribution in [2.75, 3.05) is 12.3 Å². The molecule has 2 fully saturated rings. The quantitative estimate of drug-likeness (QED) is 0.870. The molecule has 1 heterocycles. The van der Waals surface area contributed by atoms with Gasteiger partial charge in [0.2, 0.25) is 10.0 Å². The molecule has 3 rings (SSSR count). The van der Waals surface area contributed by atoms with Gasteiger partial charge >= 0.3 is 0 Å². The maximum atomic E-state index is 12.6. The van der Waals surface area contributed by atoms with Crippen molar-refractivity contribution in [3.05, 3.63) is 18.5 Å². The third-order valence-corrected chi connectivity index (χ3v) is 5.45. The average Bonchev–Trinajstić information content (AvgIpc) is 3.19. The highest BCUT2D eigenvalue weighted by Gasteiger charge is 2.41. The number of nitrogens with two attached hydrogens (primary N) is 1. The van der Waals surface area contributed by atoms with Crippen LogP contribution in [0, 0.1) is 5.92 Å². The van der Waals surface area contributed by atoms with Gasteiger partial charge in [-0.2, -0.15) is 4.31 Å². The van der Waals surface area contributed by atoms with Crippen LogP contribution in [0.3, 0.4) is 0 Å². The van der Waals surface area contributed by atoms with Crippen LogP contribution in [-0.4, -0.2) is 30.3 Å². The molecule has 0 radical (unpaired) electrons. The van der Waals surface area contributed by atoms with Gasteiger partial charge < -0.3 is 5.73 Å². The lowest BCUT2D eigenvalue weighted by Crippen LogP contribution is -2.35. The SMILES string of the molecule is Nc1ccncc1S(=O)(=O)N(CC1CC1)C1CC1. The zero-order valence-electron chi connectivity index (χ0n) is 10.1. The normalized spacial score (nSPS) is 20.3. The highest BCUT2D eigenvalue weighted by Crippen LogP contribution is 2.38. The van der Waals surface area contributed by atoms with E-state index in [1.165, 1.54) is 18.5 Å². The van der Waals surface area contributed by atoms with Crippen LogP contribution in [0.2, 0.25) is 0 Å². The van der Waals surface area contributed by atoms with Crippen LogP contribution < -0.4 is 5.73 Å². The molecule has 18 heavy (non-hydrogen) atoms. The minimum Gasteiger partial charge on any atom is -0.398 e. The topological polar surface area (TPSA) is 76.3 Å². The van der Waals surface area contributed by atoms with Crippen LogP contribution in [0.15, 0.2) is 23.4 Å². The molecule has 0 spiro atoms. The molecule has 0 aliphatic heterocycles. The fraction of sp³-hybridized carbons (Fsp3) is 0.583. The van der Waals surface area contributed by atoms with Crippen LogP contribution in [0.25, 0.3) is 0 Å². The lowest BCUT2D eigenvalue weighted by Gasteiger charge is -2.22. The zero-order valence-corrected chi connectivity index (χ0v) is 10.9. The molecule has 1 aromatic rings. The minimum absolute atomic E-state index is 0.151. The first-order valence-electron chi connectivity index (χ1n) is 6.30. The molecule has 2 N–H and O–H groups in total. The number of pyridine rings is 1. The van der Waals surface area contributed by atoms with E-state index in [0.717, 1.165) is 25.7 Å². The smallest absolute Gasteiger partial charge is 0.246 e. The molecule has 5 nitrogen and oxygen atoms in total. The molecule has 98 valence electrons. The largest absolute Gasteiger partial charge is 0.398 e. The lowest BCUT2D eigenvalue weighted by molar-refractivity contribution is 0.389. The Hall–Kier alpha value is -1.14. The second-order valence-corrected chi connectivity index (χ2v) is 7.02. The number of hydrogen-bond acceptors (Lipinski definition) is 4. The van der Waals surface area contributed by atoms with Crippen LogP contribution >= 0.6 is 0 Å². The fourth-order valence-corrected chi connectivity index (χ4v) is 3.92. The summed E-state index contributed by atoms with van der Waals surface area (Å²) in [5.74, 6) is 0.540. The Labute approximate surface area is 107 Å². The average molecular weight is 267 g/mol. The molecule has 0 bridgehead atoms. The van der Waals surface area contributed by atoms with E-state index in [0.29, 0.717) is 12.5 Å². The van der Waals surface area contributed by atoms with E-state index < -0.39 is 10.0 Å². The van der Waals surface area contributed by atoms with Gasteiger partial charge in [0.25, 0.3) is 0 Å². The molecule has 0 saturated heterocycles. The molecule has 1 aromatic heterocycles. The third kappa shape index (κ3) is 2.22. The number of aromatic nitrogens is 1. The molecule has 2 aliphatic rings. The van der Waals surface area contributed by atoms with Crippen LogP contribution in [0.1, 0.15) is 25.7 Å². The zero-order chi connectivity index (χ0) is 12.8. The molecule has 0 atom stereocenters. The summed E-state index contributed by atoms with van der Waals surface area (Å²) in [5, 5.41) is 0. The molecule has 0 amide bonds. The van der Waals surface area contributed by atoms with Gasteiger partial charge in [0.1, 0.15) is 4.90 Å². The summed E-state index contributed by atoms with van der Waals surface area (Å²) in [6.45, 7) is 0.640. The van der Waals surface area contributed by atoms with Crippen LogP contribution in [0.4, 0.5) is 5.69 Å². The van der Waals surface area contributed by atoms with Gasteiger partial charge in [-0.25, -0.2) is 8.42 Å². The first-order valence-corrected chi connectivity index (χ1v) is 7.74. The summed E-state index contributed by atoms with van der Waals surface area (Å²) >= 11 is 0. The molecule has 0 unspecified atom stereocenters. The summed E-state index contributed by atoms with van der Waals surface area (Å²) in [6, 6.07) is 1.71. The highest BCUT2D eigenvalue weighted by molar-refractivity contribution is 7.89. The Morgan fingerprint density at radius 1 is 1.33 bits per heavy atom. The van der Waals surface area contributed by atoms with Crippen molar-refractivity contribution < 1.29 is 8.42 Å². The molecule has 2 aliphatic carbocycles. The highest BCUT2D eigenvalue weighted by atomic mass is 32.2. The van der Waals surface area contributed by atoms with Gasteiger partial charge in [0.05, 0.1) is 5.69 Å². The maximum absolute atomic E-state index is 12.6. The number of nitrogens with zero attached hydrogens (tertiary/aromatic N) is 2. The Morgan fingerprint density at radius 2 is 2.06 bits per heavy atom. The van der Waals surface area contributed by atoms with Crippen molar-refractivity contribution in [2.45, 2.75) is 36.6 Å². The van der Waals surface area contributed by atoms with E-state index in [1.54, 1.807) is 4.31 Å². The minimum atomic E-state index is -3.48. The summed E-state index contributed by atoms with van der Waals surface area (Å²) < 4.78 is 26.8. The molecule has 6 heteroatoms. The second-order valence-electron chi connectivity index (χ2n) is 5.16. The lowest BCUT2D eigenvalue weighted by atomic mass is 10.4. The summed E-state index contributed by atoms with van der Waals surface area (Å²) in [6.07, 6.45) is 7.07. The van der Waals surface area contributed by atoms with Gasteiger partial charge in [-0.15, -0.1) is 0 Å². The predicted octanol–water partition coefficient (Wildman–Crippen LogP) is 1.23. The number of hydrogen-bond donors (Lipinski definition) is 1. The first-order chi connectivity index (χ1) is 8.59. The Balaban J connectivity index is 1.93. The van der Waals surface area contributed by atoms with E-state index >= 15 is 0 Å². The number of anilines is 1. The van der Waals surface area contributed by atoms with Crippen molar-refractivity contribution in [3.63, 3.8) is 0 Å². The Kier molecular flexibility index (Phi) is 2.79. The number of nitrogen functional groups attached to an aromatic ring is 1. The van der Waals surface area contributed by atoms with E-state index in [9.17, 15) is 8.42 Å². The molecule has 0 aromatic carbocycles. The van der Waals surface area contributed by atoms with Crippen molar-refractivity contribution >= 4 is 15.7 Å². The monoisotopic (exact) mass is 267 g/mol. The van der Waals surface area contributed by atoms with Crippen molar-refractivity contribution in [1.82, 2.24) is 9.29 Å². The van der Waals surface area contributed by atoms with Gasteiger partial charge in [-0.05, 0) is 37.7 Å². The van der Waals surface area contributed by atoms with Crippen molar-refractivity contribution in [3.8, 4) is 0 Å². The van der Waals surface area contributed by atoms with Gasteiger partial charge in [0, 0.05) is 25.0 Å². The van der Waals surface area contributed by atoms with Gasteiger partial charge in [0.15, 0.2) is 0 Å². The van der Waals surface area contributed by atoms with Crippen LogP contribution in [0.5, 0.6) is 0 Å². The standard InChI is InChI=1S/C12H17N3O2S/c13-11-5-6-14-7-12(11)18(16,17)15(10-3-4-10)8-9-1-2-9/h5-7,9-10H,1-4,8H2,(H2,13,14). The molecular formula is C12H17N3O2S. The third-order valence-electron chi connectivity index (χ3n) is 3.49. The van der Waals surface area contributed by atoms with Crippen molar-refractivity contribution in [2.24, 2.45) is 5.92 Å². The predicted molar refractivity (Wildman–Crippen MR) is 68.3 cm³/mol. The Bertz CT molecular complexity index is 550. The van der Waals surface area contributed by atoms with Gasteiger partial charge in [-0.1, -0.05) is 0 Å². The summed E-state index contributed by atoms with van der Waals surface area (Å²) in [4.78, 5) is 4.03.